The molecule has 7 nitrogen and oxygen atoms in total. The second-order valence-electron chi connectivity index (χ2n) is 7.76. The van der Waals surface area contributed by atoms with Gasteiger partial charge >= 0.3 is 0 Å². The highest BCUT2D eigenvalue weighted by atomic mass is 16.1. The maximum Gasteiger partial charge on any atom is 0.258 e. The van der Waals surface area contributed by atoms with E-state index in [1.54, 1.807) is 22.7 Å². The molecule has 7 heteroatoms. The van der Waals surface area contributed by atoms with Crippen LogP contribution in [-0.4, -0.2) is 25.9 Å². The summed E-state index contributed by atoms with van der Waals surface area (Å²) >= 11 is 0. The zero-order chi connectivity index (χ0) is 21.1. The Morgan fingerprint density at radius 1 is 1.07 bits per heavy atom. The Kier molecular flexibility index (Phi) is 5.72. The van der Waals surface area contributed by atoms with E-state index in [0.29, 0.717) is 35.5 Å². The molecule has 0 aliphatic carbocycles. The van der Waals surface area contributed by atoms with Crippen LogP contribution in [0.3, 0.4) is 0 Å². The second-order valence-corrected chi connectivity index (χ2v) is 7.76. The van der Waals surface area contributed by atoms with Gasteiger partial charge in [0.15, 0.2) is 5.82 Å². The molecule has 1 unspecified atom stereocenters. The monoisotopic (exact) mass is 404 g/mol. The van der Waals surface area contributed by atoms with Crippen molar-refractivity contribution in [1.82, 2.24) is 19.4 Å². The van der Waals surface area contributed by atoms with E-state index < -0.39 is 0 Å². The molecule has 4 aromatic rings. The molecule has 0 spiro atoms. The van der Waals surface area contributed by atoms with E-state index in [4.69, 9.17) is 0 Å². The van der Waals surface area contributed by atoms with Gasteiger partial charge in [-0.1, -0.05) is 31.5 Å². The molecule has 0 fully saturated rings. The fourth-order valence-electron chi connectivity index (χ4n) is 3.73. The van der Waals surface area contributed by atoms with Gasteiger partial charge in [-0.05, 0) is 37.1 Å². The number of hydrogen-bond donors (Lipinski definition) is 2. The van der Waals surface area contributed by atoms with Gasteiger partial charge in [0.1, 0.15) is 24.4 Å². The molecule has 1 aromatic carbocycles. The first-order valence-electron chi connectivity index (χ1n) is 10.3. The number of nitrogens with one attached hydrogen (secondary N) is 2. The number of aromatic nitrogens is 4. The van der Waals surface area contributed by atoms with Gasteiger partial charge in [0.25, 0.3) is 11.1 Å². The van der Waals surface area contributed by atoms with Crippen molar-refractivity contribution in [2.75, 3.05) is 6.54 Å². The van der Waals surface area contributed by atoms with Crippen molar-refractivity contribution < 1.29 is 4.90 Å². The molecule has 154 valence electrons. The normalized spacial score (nSPS) is 12.5. The Morgan fingerprint density at radius 3 is 2.73 bits per heavy atom. The van der Waals surface area contributed by atoms with Crippen molar-refractivity contribution in [3.05, 3.63) is 86.5 Å². The van der Waals surface area contributed by atoms with E-state index in [1.807, 2.05) is 37.3 Å². The van der Waals surface area contributed by atoms with Crippen LogP contribution in [0.15, 0.2) is 58.3 Å². The topological polar surface area (TPSA) is 84.6 Å². The van der Waals surface area contributed by atoms with Gasteiger partial charge in [0.05, 0.1) is 17.4 Å². The lowest BCUT2D eigenvalue weighted by Gasteiger charge is -2.19. The molecule has 0 radical (unpaired) electrons. The van der Waals surface area contributed by atoms with Crippen molar-refractivity contribution in [1.29, 1.82) is 0 Å². The number of para-hydroxylation sites is 1. The molecule has 0 aliphatic rings. The van der Waals surface area contributed by atoms with Crippen molar-refractivity contribution in [2.24, 2.45) is 0 Å². The number of hydrogen-bond acceptors (Lipinski definition) is 4. The van der Waals surface area contributed by atoms with Crippen LogP contribution in [-0.2, 0) is 13.1 Å². The number of H-pyrrole nitrogens is 1. The molecule has 3 aromatic heterocycles. The molecule has 0 saturated heterocycles. The van der Waals surface area contributed by atoms with Crippen LogP contribution in [0.5, 0.6) is 0 Å². The van der Waals surface area contributed by atoms with Gasteiger partial charge in [-0.3, -0.25) is 14.0 Å². The molecule has 30 heavy (non-hydrogen) atoms. The average molecular weight is 404 g/mol. The van der Waals surface area contributed by atoms with Crippen molar-refractivity contribution in [3.63, 3.8) is 0 Å². The molecule has 2 N–H and O–H groups in total. The van der Waals surface area contributed by atoms with E-state index in [9.17, 15) is 9.59 Å². The molecule has 0 amide bonds. The highest BCUT2D eigenvalue weighted by Crippen LogP contribution is 2.05. The molecule has 4 rings (SSSR count). The quantitative estimate of drug-likeness (QED) is 0.490. The third-order valence-corrected chi connectivity index (χ3v) is 5.25. The maximum atomic E-state index is 12.6. The summed E-state index contributed by atoms with van der Waals surface area (Å²) in [6, 6.07) is 12.8. The van der Waals surface area contributed by atoms with Gasteiger partial charge in [-0.15, -0.1) is 0 Å². The maximum absolute atomic E-state index is 12.6. The number of benzene rings is 1. The van der Waals surface area contributed by atoms with E-state index in [2.05, 4.69) is 21.9 Å². The molecular weight excluding hydrogens is 378 g/mol. The number of fused-ring (bicyclic) bond motifs is 2. The van der Waals surface area contributed by atoms with Crippen LogP contribution in [0.1, 0.15) is 36.8 Å². The Labute approximate surface area is 174 Å². The zero-order valence-electron chi connectivity index (χ0n) is 17.3. The molecule has 0 saturated carbocycles. The van der Waals surface area contributed by atoms with E-state index >= 15 is 0 Å². The third kappa shape index (κ3) is 4.31. The Balaban J connectivity index is 1.63. The zero-order valence-corrected chi connectivity index (χ0v) is 17.3. The molecule has 0 aliphatic heterocycles. The lowest BCUT2D eigenvalue weighted by molar-refractivity contribution is -0.928. The average Bonchev–Trinajstić information content (AvgIpc) is 2.73. The van der Waals surface area contributed by atoms with Crippen LogP contribution in [0.4, 0.5) is 0 Å². The van der Waals surface area contributed by atoms with E-state index in [-0.39, 0.29) is 11.1 Å². The number of aryl methyl sites for hydroxylation is 1. The van der Waals surface area contributed by atoms with Crippen LogP contribution in [0, 0.1) is 6.92 Å². The van der Waals surface area contributed by atoms with Crippen molar-refractivity contribution >= 4 is 16.6 Å². The highest BCUT2D eigenvalue weighted by molar-refractivity contribution is 5.77. The third-order valence-electron chi connectivity index (χ3n) is 5.25. The minimum Gasteiger partial charge on any atom is -0.324 e. The van der Waals surface area contributed by atoms with Crippen LogP contribution < -0.4 is 16.0 Å². The standard InChI is InChI=1S/C23H25N5O2/c1-3-4-11-27(15-20-25-19-8-6-5-7-18(19)23(30)26-20)14-17-12-22(29)28-13-16(2)9-10-21(28)24-17/h5-10,12-13H,3-4,11,14-15H2,1-2H3,(H,25,26,30)/p+1. The molecule has 3 heterocycles. The number of aromatic amines is 1. The summed E-state index contributed by atoms with van der Waals surface area (Å²) in [7, 11) is 0. The van der Waals surface area contributed by atoms with Crippen LogP contribution in [0.25, 0.3) is 16.6 Å². The number of unbranched alkanes of at least 4 members (excludes halogenated alkanes) is 1. The summed E-state index contributed by atoms with van der Waals surface area (Å²) in [5, 5.41) is 0.593. The highest BCUT2D eigenvalue weighted by Gasteiger charge is 2.15. The lowest BCUT2D eigenvalue weighted by Crippen LogP contribution is -3.09. The smallest absolute Gasteiger partial charge is 0.258 e. The Hall–Kier alpha value is -3.32. The van der Waals surface area contributed by atoms with Crippen molar-refractivity contribution in [2.45, 2.75) is 39.8 Å². The first kappa shape index (κ1) is 20.0. The van der Waals surface area contributed by atoms with Crippen LogP contribution >= 0.6 is 0 Å². The summed E-state index contributed by atoms with van der Waals surface area (Å²) in [5.41, 5.74) is 2.91. The summed E-state index contributed by atoms with van der Waals surface area (Å²) in [4.78, 5) is 38.4. The van der Waals surface area contributed by atoms with Gasteiger partial charge < -0.3 is 9.88 Å². The van der Waals surface area contributed by atoms with Crippen molar-refractivity contribution in [3.8, 4) is 0 Å². The Bertz CT molecular complexity index is 1310. The fraction of sp³-hybridized carbons (Fsp3) is 0.304. The Morgan fingerprint density at radius 2 is 1.90 bits per heavy atom. The largest absolute Gasteiger partial charge is 0.324 e. The van der Waals surface area contributed by atoms with Gasteiger partial charge in [0.2, 0.25) is 0 Å². The van der Waals surface area contributed by atoms with Gasteiger partial charge in [-0.25, -0.2) is 9.97 Å². The SMILES string of the molecule is CCCC[NH+](Cc1cc(=O)n2cc(C)ccc2n1)Cc1nc2ccccc2c(=O)[nH]1. The van der Waals surface area contributed by atoms with Crippen LogP contribution in [0.2, 0.25) is 0 Å². The lowest BCUT2D eigenvalue weighted by atomic mass is 10.2. The summed E-state index contributed by atoms with van der Waals surface area (Å²) < 4.78 is 1.58. The first-order valence-corrected chi connectivity index (χ1v) is 10.3. The van der Waals surface area contributed by atoms with E-state index in [1.165, 1.54) is 4.90 Å². The van der Waals surface area contributed by atoms with E-state index in [0.717, 1.165) is 30.6 Å². The number of pyridine rings is 1. The molecule has 0 bridgehead atoms. The second kappa shape index (κ2) is 8.59. The number of rotatable bonds is 7. The molecular formula is C23H26N5O2+. The summed E-state index contributed by atoms with van der Waals surface area (Å²) in [6.45, 7) is 6.16. The fourth-order valence-corrected chi connectivity index (χ4v) is 3.73. The minimum atomic E-state index is -0.122. The predicted octanol–water partition coefficient (Wildman–Crippen LogP) is 1.62. The van der Waals surface area contributed by atoms with Gasteiger partial charge in [-0.2, -0.15) is 0 Å². The summed E-state index contributed by atoms with van der Waals surface area (Å²) in [6.07, 6.45) is 3.91. The molecule has 1 atom stereocenters. The predicted molar refractivity (Wildman–Crippen MR) is 117 cm³/mol. The number of nitrogens with zero attached hydrogens (tertiary/aromatic N) is 3. The van der Waals surface area contributed by atoms with Gasteiger partial charge in [0, 0.05) is 12.3 Å². The minimum absolute atomic E-state index is 0.0780. The number of quaternary nitrogens is 1. The first-order chi connectivity index (χ1) is 14.5. The summed E-state index contributed by atoms with van der Waals surface area (Å²) in [5.74, 6) is 0.651.